The van der Waals surface area contributed by atoms with Crippen molar-refractivity contribution in [3.05, 3.63) is 0 Å². The third-order valence-corrected chi connectivity index (χ3v) is 1.64. The van der Waals surface area contributed by atoms with Gasteiger partial charge in [-0.3, -0.25) is 4.84 Å². The van der Waals surface area contributed by atoms with E-state index in [1.807, 2.05) is 0 Å². The first kappa shape index (κ1) is 8.65. The molecule has 0 atom stereocenters. The van der Waals surface area contributed by atoms with Crippen molar-refractivity contribution in [3.63, 3.8) is 0 Å². The van der Waals surface area contributed by atoms with Crippen LogP contribution in [0.2, 0.25) is 0 Å². The van der Waals surface area contributed by atoms with Crippen LogP contribution >= 0.6 is 22.9 Å². The Kier molecular flexibility index (Phi) is 6.25. The van der Waals surface area contributed by atoms with Gasteiger partial charge in [-0.1, -0.05) is 6.92 Å². The molecule has 3 heteroatoms. The topological polar surface area (TPSA) is 12.5 Å². The zero-order chi connectivity index (χ0) is 6.41. The quantitative estimate of drug-likeness (QED) is 0.415. The number of hydrogen-bond acceptors (Lipinski definition) is 2. The van der Waals surface area contributed by atoms with Crippen LogP contribution < -0.4 is 0 Å². The van der Waals surface area contributed by atoms with Crippen LogP contribution in [0.5, 0.6) is 0 Å². The second kappa shape index (κ2) is 5.78. The van der Waals surface area contributed by atoms with E-state index in [4.69, 9.17) is 4.84 Å². The van der Waals surface area contributed by atoms with Gasteiger partial charge in [-0.15, -0.1) is 3.28 Å². The van der Waals surface area contributed by atoms with Crippen molar-refractivity contribution in [3.8, 4) is 0 Å². The van der Waals surface area contributed by atoms with Crippen LogP contribution in [0.25, 0.3) is 0 Å². The molecular formula is C5H12INO. The van der Waals surface area contributed by atoms with Crippen LogP contribution in [0.4, 0.5) is 0 Å². The van der Waals surface area contributed by atoms with Gasteiger partial charge >= 0.3 is 0 Å². The molecule has 0 fully saturated rings. The summed E-state index contributed by atoms with van der Waals surface area (Å²) in [6.45, 7) is 5.93. The molecule has 0 saturated carbocycles. The third kappa shape index (κ3) is 4.80. The standard InChI is InChI=1S/C5H12INO/c1-3-5-8-7(6)4-2/h3-5H2,1-2H3. The van der Waals surface area contributed by atoms with Crippen LogP contribution in [0.1, 0.15) is 20.3 Å². The minimum Gasteiger partial charge on any atom is -0.289 e. The van der Waals surface area contributed by atoms with Gasteiger partial charge in [0.25, 0.3) is 0 Å². The molecule has 0 amide bonds. The monoisotopic (exact) mass is 229 g/mol. The molecule has 0 heterocycles. The van der Waals surface area contributed by atoms with E-state index in [0.717, 1.165) is 19.6 Å². The van der Waals surface area contributed by atoms with Gasteiger partial charge in [0.2, 0.25) is 0 Å². The minimum atomic E-state index is 0.830. The predicted molar refractivity (Wildman–Crippen MR) is 42.6 cm³/mol. The fraction of sp³-hybridized carbons (Fsp3) is 1.00. The Balaban J connectivity index is 2.86. The maximum atomic E-state index is 5.16. The molecule has 0 spiro atoms. The summed E-state index contributed by atoms with van der Waals surface area (Å²) in [5.74, 6) is 0. The molecule has 0 aliphatic heterocycles. The molecule has 0 unspecified atom stereocenters. The molecular weight excluding hydrogens is 217 g/mol. The molecule has 0 rings (SSSR count). The summed E-state index contributed by atoms with van der Waals surface area (Å²) in [5.41, 5.74) is 0. The molecule has 0 aliphatic rings. The highest BCUT2D eigenvalue weighted by molar-refractivity contribution is 14.1. The summed E-state index contributed by atoms with van der Waals surface area (Å²) >= 11 is 2.14. The fourth-order valence-corrected chi connectivity index (χ4v) is 0.479. The maximum absolute atomic E-state index is 5.16. The van der Waals surface area contributed by atoms with E-state index in [1.54, 1.807) is 3.28 Å². The summed E-state index contributed by atoms with van der Waals surface area (Å²) in [4.78, 5) is 5.16. The van der Waals surface area contributed by atoms with E-state index in [2.05, 4.69) is 36.7 Å². The summed E-state index contributed by atoms with van der Waals surface area (Å²) in [6.07, 6.45) is 1.08. The zero-order valence-electron chi connectivity index (χ0n) is 5.35. The van der Waals surface area contributed by atoms with Crippen molar-refractivity contribution in [1.82, 2.24) is 3.28 Å². The van der Waals surface area contributed by atoms with Gasteiger partial charge in [0.15, 0.2) is 0 Å². The zero-order valence-corrected chi connectivity index (χ0v) is 7.51. The van der Waals surface area contributed by atoms with Gasteiger partial charge in [0, 0.05) is 29.4 Å². The Morgan fingerprint density at radius 1 is 1.50 bits per heavy atom. The van der Waals surface area contributed by atoms with Crippen LogP contribution in [0, 0.1) is 0 Å². The number of halogens is 1. The van der Waals surface area contributed by atoms with Crippen LogP contribution in [-0.4, -0.2) is 16.4 Å². The Labute approximate surface area is 64.6 Å². The first-order valence-corrected chi connectivity index (χ1v) is 3.84. The van der Waals surface area contributed by atoms with Gasteiger partial charge in [-0.25, -0.2) is 0 Å². The second-order valence-corrected chi connectivity index (χ2v) is 2.54. The highest BCUT2D eigenvalue weighted by Gasteiger charge is 1.91. The summed E-state index contributed by atoms with van der Waals surface area (Å²) in [7, 11) is 0. The predicted octanol–water partition coefficient (Wildman–Crippen LogP) is 2.00. The van der Waals surface area contributed by atoms with Crippen molar-refractivity contribution in [2.75, 3.05) is 13.2 Å². The van der Waals surface area contributed by atoms with Crippen molar-refractivity contribution in [2.24, 2.45) is 0 Å². The van der Waals surface area contributed by atoms with E-state index in [-0.39, 0.29) is 0 Å². The highest BCUT2D eigenvalue weighted by Crippen LogP contribution is 1.98. The average molecular weight is 229 g/mol. The molecule has 8 heavy (non-hydrogen) atoms. The lowest BCUT2D eigenvalue weighted by Gasteiger charge is -2.09. The lowest BCUT2D eigenvalue weighted by atomic mass is 10.5. The second-order valence-electron chi connectivity index (χ2n) is 1.47. The van der Waals surface area contributed by atoms with Crippen molar-refractivity contribution < 1.29 is 4.84 Å². The van der Waals surface area contributed by atoms with Crippen molar-refractivity contribution in [1.29, 1.82) is 0 Å². The Morgan fingerprint density at radius 3 is 2.50 bits per heavy atom. The molecule has 0 aliphatic carbocycles. The molecule has 0 aromatic carbocycles. The first-order chi connectivity index (χ1) is 3.81. The first-order valence-electron chi connectivity index (χ1n) is 2.87. The van der Waals surface area contributed by atoms with E-state index < -0.39 is 0 Å². The normalized spacial score (nSPS) is 10.5. The number of hydroxylamine groups is 1. The molecule has 0 bridgehead atoms. The lowest BCUT2D eigenvalue weighted by Crippen LogP contribution is -2.11. The van der Waals surface area contributed by atoms with E-state index in [9.17, 15) is 0 Å². The highest BCUT2D eigenvalue weighted by atomic mass is 127. The van der Waals surface area contributed by atoms with Gasteiger partial charge < -0.3 is 0 Å². The largest absolute Gasteiger partial charge is 0.289 e. The lowest BCUT2D eigenvalue weighted by molar-refractivity contribution is -0.0520. The fourth-order valence-electron chi connectivity index (χ4n) is 0.282. The van der Waals surface area contributed by atoms with Gasteiger partial charge in [0.1, 0.15) is 0 Å². The SMILES string of the molecule is CCCON(I)CC. The molecule has 0 saturated heterocycles. The molecule has 0 aromatic rings. The van der Waals surface area contributed by atoms with Crippen LogP contribution in [0.15, 0.2) is 0 Å². The van der Waals surface area contributed by atoms with E-state index in [1.165, 1.54) is 0 Å². The van der Waals surface area contributed by atoms with Crippen molar-refractivity contribution in [2.45, 2.75) is 20.3 Å². The van der Waals surface area contributed by atoms with E-state index in [0.29, 0.717) is 0 Å². The Hall–Kier alpha value is 0.650. The average Bonchev–Trinajstić information content (AvgIpc) is 1.83. The van der Waals surface area contributed by atoms with Gasteiger partial charge in [-0.05, 0) is 13.3 Å². The van der Waals surface area contributed by atoms with Crippen LogP contribution in [-0.2, 0) is 4.84 Å². The van der Waals surface area contributed by atoms with Gasteiger partial charge in [0.05, 0.1) is 6.61 Å². The van der Waals surface area contributed by atoms with E-state index >= 15 is 0 Å². The molecule has 2 nitrogen and oxygen atoms in total. The summed E-state index contributed by atoms with van der Waals surface area (Å²) in [6, 6.07) is 0. The number of nitrogens with zero attached hydrogens (tertiary/aromatic N) is 1. The minimum absolute atomic E-state index is 0.830. The maximum Gasteiger partial charge on any atom is 0.0692 e. The molecule has 0 radical (unpaired) electrons. The Bertz CT molecular complexity index is 51.7. The molecule has 50 valence electrons. The van der Waals surface area contributed by atoms with Crippen LogP contribution in [0.3, 0.4) is 0 Å². The molecule has 0 aromatic heterocycles. The van der Waals surface area contributed by atoms with Gasteiger partial charge in [-0.2, -0.15) is 0 Å². The smallest absolute Gasteiger partial charge is 0.0692 e. The Morgan fingerprint density at radius 2 is 2.12 bits per heavy atom. The molecule has 0 N–H and O–H groups in total. The summed E-state index contributed by atoms with van der Waals surface area (Å²) < 4.78 is 1.81. The van der Waals surface area contributed by atoms with Crippen molar-refractivity contribution >= 4 is 22.9 Å². The third-order valence-electron chi connectivity index (χ3n) is 0.684. The summed E-state index contributed by atoms with van der Waals surface area (Å²) in [5, 5.41) is 0. The number of rotatable bonds is 4. The number of hydrogen-bond donors (Lipinski definition) is 0.